The zero-order valence-electron chi connectivity index (χ0n) is 16.4. The Morgan fingerprint density at radius 1 is 1.31 bits per heavy atom. The van der Waals surface area contributed by atoms with Crippen LogP contribution in [0, 0.1) is 6.92 Å². The average molecular weight is 417 g/mol. The van der Waals surface area contributed by atoms with E-state index < -0.39 is 6.09 Å². The normalized spacial score (nSPS) is 16.7. The molecule has 8 nitrogen and oxygen atoms in total. The molecule has 4 rings (SSSR count). The molecule has 0 aliphatic carbocycles. The van der Waals surface area contributed by atoms with Gasteiger partial charge in [0.25, 0.3) is 0 Å². The lowest BCUT2D eigenvalue weighted by atomic mass is 10.0. The van der Waals surface area contributed by atoms with Crippen molar-refractivity contribution in [1.29, 1.82) is 0 Å². The van der Waals surface area contributed by atoms with E-state index in [0.29, 0.717) is 26.2 Å². The Bertz CT molecular complexity index is 1040. The summed E-state index contributed by atoms with van der Waals surface area (Å²) < 4.78 is 1.83. The zero-order chi connectivity index (χ0) is 19.8. The number of halogens is 1. The van der Waals surface area contributed by atoms with Crippen LogP contribution in [0.4, 0.5) is 10.5 Å². The average Bonchev–Trinajstić information content (AvgIpc) is 3.11. The van der Waals surface area contributed by atoms with Crippen molar-refractivity contribution < 1.29 is 9.90 Å². The minimum Gasteiger partial charge on any atom is -0.465 e. The summed E-state index contributed by atoms with van der Waals surface area (Å²) in [7, 11) is 0. The van der Waals surface area contributed by atoms with Crippen molar-refractivity contribution in [3.8, 4) is 11.3 Å². The fourth-order valence-corrected chi connectivity index (χ4v) is 3.88. The van der Waals surface area contributed by atoms with Crippen LogP contribution in [0.1, 0.15) is 18.1 Å². The Morgan fingerprint density at radius 2 is 2.10 bits per heavy atom. The van der Waals surface area contributed by atoms with Gasteiger partial charge in [0, 0.05) is 37.8 Å². The summed E-state index contributed by atoms with van der Waals surface area (Å²) >= 11 is 0. The van der Waals surface area contributed by atoms with Crippen molar-refractivity contribution in [2.24, 2.45) is 5.73 Å². The molecule has 1 amide bonds. The van der Waals surface area contributed by atoms with Crippen LogP contribution in [0.2, 0.25) is 0 Å². The number of aromatic nitrogens is 3. The largest absolute Gasteiger partial charge is 0.465 e. The predicted octanol–water partition coefficient (Wildman–Crippen LogP) is 2.77. The van der Waals surface area contributed by atoms with E-state index in [1.165, 1.54) is 4.90 Å². The number of nitrogens with two attached hydrogens (primary N) is 1. The van der Waals surface area contributed by atoms with Crippen LogP contribution >= 0.6 is 12.4 Å². The van der Waals surface area contributed by atoms with E-state index >= 15 is 0 Å². The van der Waals surface area contributed by atoms with Crippen molar-refractivity contribution in [2.75, 3.05) is 24.5 Å². The molecule has 3 heterocycles. The first-order valence-corrected chi connectivity index (χ1v) is 9.36. The summed E-state index contributed by atoms with van der Waals surface area (Å²) in [6, 6.07) is 8.35. The van der Waals surface area contributed by atoms with Crippen LogP contribution in [-0.4, -0.2) is 56.4 Å². The van der Waals surface area contributed by atoms with Gasteiger partial charge in [-0.3, -0.25) is 0 Å². The van der Waals surface area contributed by atoms with Crippen LogP contribution in [0.25, 0.3) is 16.8 Å². The first-order chi connectivity index (χ1) is 13.5. The molecule has 1 unspecified atom stereocenters. The highest BCUT2D eigenvalue weighted by molar-refractivity contribution is 5.85. The van der Waals surface area contributed by atoms with E-state index in [2.05, 4.69) is 34.0 Å². The summed E-state index contributed by atoms with van der Waals surface area (Å²) in [6.07, 6.45) is 2.68. The van der Waals surface area contributed by atoms with Crippen LogP contribution in [0.3, 0.4) is 0 Å². The van der Waals surface area contributed by atoms with E-state index in [9.17, 15) is 9.90 Å². The summed E-state index contributed by atoms with van der Waals surface area (Å²) in [5, 5.41) is 13.6. The zero-order valence-corrected chi connectivity index (χ0v) is 17.3. The topological polar surface area (TPSA) is 100.0 Å². The molecule has 1 aliphatic heterocycles. The maximum Gasteiger partial charge on any atom is 0.407 e. The molecule has 1 fully saturated rings. The Morgan fingerprint density at radius 3 is 2.76 bits per heavy atom. The van der Waals surface area contributed by atoms with Gasteiger partial charge in [0.2, 0.25) is 0 Å². The number of benzene rings is 1. The maximum atomic E-state index is 11.2. The van der Waals surface area contributed by atoms with Crippen LogP contribution in [0.15, 0.2) is 36.8 Å². The van der Waals surface area contributed by atoms with Gasteiger partial charge >= 0.3 is 6.09 Å². The van der Waals surface area contributed by atoms with Crippen molar-refractivity contribution in [1.82, 2.24) is 19.5 Å². The van der Waals surface area contributed by atoms with Crippen molar-refractivity contribution in [3.63, 3.8) is 0 Å². The second-order valence-corrected chi connectivity index (χ2v) is 7.25. The number of rotatable bonds is 3. The van der Waals surface area contributed by atoms with Crippen LogP contribution in [0.5, 0.6) is 0 Å². The lowest BCUT2D eigenvalue weighted by molar-refractivity contribution is 0.136. The first-order valence-electron chi connectivity index (χ1n) is 9.36. The number of amides is 1. The van der Waals surface area contributed by atoms with Gasteiger partial charge in [0.15, 0.2) is 0 Å². The van der Waals surface area contributed by atoms with E-state index in [1.54, 1.807) is 6.33 Å². The third kappa shape index (κ3) is 3.86. The van der Waals surface area contributed by atoms with Gasteiger partial charge in [-0.25, -0.2) is 14.3 Å². The quantitative estimate of drug-likeness (QED) is 0.681. The molecule has 3 aromatic rings. The van der Waals surface area contributed by atoms with Crippen molar-refractivity contribution >= 4 is 29.7 Å². The summed E-state index contributed by atoms with van der Waals surface area (Å²) in [5.41, 5.74) is 11.9. The highest BCUT2D eigenvalue weighted by Crippen LogP contribution is 2.29. The van der Waals surface area contributed by atoms with Crippen LogP contribution < -0.4 is 10.6 Å². The molecular formula is C20H25ClN6O2. The molecule has 1 aromatic carbocycles. The van der Waals surface area contributed by atoms with E-state index in [4.69, 9.17) is 5.73 Å². The highest BCUT2D eigenvalue weighted by atomic mass is 35.5. The molecule has 0 saturated carbocycles. The van der Waals surface area contributed by atoms with Gasteiger partial charge in [-0.15, -0.1) is 12.4 Å². The molecule has 29 heavy (non-hydrogen) atoms. The monoisotopic (exact) mass is 416 g/mol. The standard InChI is InChI=1S/C20H24N6O2.ClH/c1-13-7-15(3-4-16(13)9-21)19-18-8-17(11-26(18)23-12-22-19)25-6-5-24(20(27)28)10-14(25)2;/h3-4,7-8,11-12,14H,5-6,9-10,21H2,1-2H3,(H,27,28);1H. The molecule has 0 spiro atoms. The molecule has 0 bridgehead atoms. The number of hydrogen-bond acceptors (Lipinski definition) is 5. The fourth-order valence-electron chi connectivity index (χ4n) is 3.88. The number of hydrogen-bond donors (Lipinski definition) is 2. The number of piperazine rings is 1. The van der Waals surface area contributed by atoms with Gasteiger partial charge in [-0.1, -0.05) is 12.1 Å². The minimum atomic E-state index is -0.863. The number of carboxylic acid groups (broad SMARTS) is 1. The maximum absolute atomic E-state index is 11.2. The number of fused-ring (bicyclic) bond motifs is 1. The van der Waals surface area contributed by atoms with Gasteiger partial charge in [0.05, 0.1) is 23.1 Å². The van der Waals surface area contributed by atoms with Gasteiger partial charge in [0.1, 0.15) is 6.33 Å². The molecule has 1 saturated heterocycles. The molecular weight excluding hydrogens is 392 g/mol. The first kappa shape index (κ1) is 20.9. The highest BCUT2D eigenvalue weighted by Gasteiger charge is 2.27. The third-order valence-corrected chi connectivity index (χ3v) is 5.46. The molecule has 3 N–H and O–H groups in total. The Balaban J connectivity index is 0.00000240. The fraction of sp³-hybridized carbons (Fsp3) is 0.350. The number of nitrogens with zero attached hydrogens (tertiary/aromatic N) is 5. The van der Waals surface area contributed by atoms with E-state index in [1.807, 2.05) is 29.8 Å². The molecule has 2 aromatic heterocycles. The number of aryl methyl sites for hydroxylation is 1. The van der Waals surface area contributed by atoms with Crippen molar-refractivity contribution in [2.45, 2.75) is 26.4 Å². The van der Waals surface area contributed by atoms with Gasteiger partial charge < -0.3 is 20.6 Å². The number of anilines is 1. The summed E-state index contributed by atoms with van der Waals surface area (Å²) in [4.78, 5) is 19.4. The minimum absolute atomic E-state index is 0. The number of carbonyl (C=O) groups is 1. The SMILES string of the molecule is Cc1cc(-c2ncnn3cc(N4CCN(C(=O)O)CC4C)cc23)ccc1CN.Cl. The molecule has 0 radical (unpaired) electrons. The lowest BCUT2D eigenvalue weighted by Gasteiger charge is -2.39. The second-order valence-electron chi connectivity index (χ2n) is 7.25. The van der Waals surface area contributed by atoms with Crippen molar-refractivity contribution in [3.05, 3.63) is 47.9 Å². The summed E-state index contributed by atoms with van der Waals surface area (Å²) in [6.45, 7) is 6.23. The molecule has 1 atom stereocenters. The smallest absolute Gasteiger partial charge is 0.407 e. The molecule has 154 valence electrons. The Hall–Kier alpha value is -2.84. The van der Waals surface area contributed by atoms with Gasteiger partial charge in [-0.2, -0.15) is 5.10 Å². The Kier molecular flexibility index (Phi) is 5.95. The summed E-state index contributed by atoms with van der Waals surface area (Å²) in [5.74, 6) is 0. The van der Waals surface area contributed by atoms with E-state index in [-0.39, 0.29) is 18.4 Å². The third-order valence-electron chi connectivity index (χ3n) is 5.46. The lowest BCUT2D eigenvalue weighted by Crippen LogP contribution is -2.53. The predicted molar refractivity (Wildman–Crippen MR) is 115 cm³/mol. The molecule has 1 aliphatic rings. The second kappa shape index (κ2) is 8.26. The molecule has 9 heteroatoms. The van der Waals surface area contributed by atoms with Gasteiger partial charge in [-0.05, 0) is 37.1 Å². The van der Waals surface area contributed by atoms with E-state index in [0.717, 1.165) is 33.6 Å². The van der Waals surface area contributed by atoms with Crippen LogP contribution in [-0.2, 0) is 6.54 Å². The Labute approximate surface area is 175 Å².